The van der Waals surface area contributed by atoms with E-state index in [-0.39, 0.29) is 36.3 Å². The van der Waals surface area contributed by atoms with Crippen molar-refractivity contribution in [3.63, 3.8) is 0 Å². The van der Waals surface area contributed by atoms with Crippen molar-refractivity contribution in [3.05, 3.63) is 82.3 Å². The van der Waals surface area contributed by atoms with Crippen LogP contribution in [0.1, 0.15) is 51.6 Å². The van der Waals surface area contributed by atoms with E-state index in [1.807, 2.05) is 6.92 Å². The van der Waals surface area contributed by atoms with Crippen LogP contribution in [0.3, 0.4) is 0 Å². The lowest BCUT2D eigenvalue weighted by molar-refractivity contribution is -0.137. The van der Waals surface area contributed by atoms with Crippen LogP contribution in [-0.2, 0) is 30.6 Å². The predicted octanol–water partition coefficient (Wildman–Crippen LogP) is 4.53. The summed E-state index contributed by atoms with van der Waals surface area (Å²) >= 11 is 0. The van der Waals surface area contributed by atoms with Crippen LogP contribution in [0.5, 0.6) is 0 Å². The average Bonchev–Trinajstić information content (AvgIpc) is 3.43. The molecule has 4 aromatic rings. The van der Waals surface area contributed by atoms with Crippen molar-refractivity contribution in [2.45, 2.75) is 38.9 Å². The Morgan fingerprint density at radius 1 is 1.25 bits per heavy atom. The molecule has 0 radical (unpaired) electrons. The molecule has 4 aromatic heterocycles. The van der Waals surface area contributed by atoms with Crippen LogP contribution in [-0.4, -0.2) is 30.7 Å². The number of nitrogens with two attached hydrogens (primary N) is 1. The highest BCUT2D eigenvalue weighted by Crippen LogP contribution is 2.38. The number of hydrogen-bond acceptors (Lipinski definition) is 6. The van der Waals surface area contributed by atoms with Crippen molar-refractivity contribution in [3.8, 4) is 0 Å². The van der Waals surface area contributed by atoms with Gasteiger partial charge in [-0.05, 0) is 37.3 Å². The third-order valence-corrected chi connectivity index (χ3v) is 6.02. The number of aromatic nitrogens is 4. The molecule has 0 saturated heterocycles. The normalized spacial score (nSPS) is 15.3. The summed E-state index contributed by atoms with van der Waals surface area (Å²) in [6.45, 7) is 1.73. The first-order valence-electron chi connectivity index (χ1n) is 10.9. The molecule has 186 valence electrons. The van der Waals surface area contributed by atoms with Gasteiger partial charge in [-0.25, -0.2) is 9.37 Å². The summed E-state index contributed by atoms with van der Waals surface area (Å²) in [5.41, 5.74) is 8.14. The maximum Gasteiger partial charge on any atom is 0.417 e. The number of amides is 1. The Bertz CT molecular complexity index is 1450. The van der Waals surface area contributed by atoms with E-state index in [1.54, 1.807) is 0 Å². The van der Waals surface area contributed by atoms with Gasteiger partial charge in [-0.3, -0.25) is 14.8 Å². The second kappa shape index (κ2) is 8.86. The van der Waals surface area contributed by atoms with Gasteiger partial charge in [0.15, 0.2) is 0 Å². The highest BCUT2D eigenvalue weighted by Gasteiger charge is 2.31. The zero-order valence-corrected chi connectivity index (χ0v) is 18.9. The number of nitrogen functional groups attached to an aromatic ring is 1. The summed E-state index contributed by atoms with van der Waals surface area (Å²) in [5.74, 6) is -0.855. The Morgan fingerprint density at radius 3 is 2.75 bits per heavy atom. The minimum atomic E-state index is -4.54. The van der Waals surface area contributed by atoms with Gasteiger partial charge in [-0.2, -0.15) is 13.2 Å². The van der Waals surface area contributed by atoms with Crippen LogP contribution in [0.15, 0.2) is 42.7 Å². The number of anilines is 1. The van der Waals surface area contributed by atoms with E-state index < -0.39 is 23.5 Å². The molecule has 0 aliphatic carbocycles. The van der Waals surface area contributed by atoms with Crippen molar-refractivity contribution in [2.75, 3.05) is 5.73 Å². The molecule has 0 aromatic carbocycles. The molecule has 8 nitrogen and oxygen atoms in total. The second-order valence-electron chi connectivity index (χ2n) is 8.41. The number of nitrogens with one attached hydrogen (secondary N) is 1. The third kappa shape index (κ3) is 4.35. The monoisotopic (exact) mass is 500 g/mol. The lowest BCUT2D eigenvalue weighted by Crippen LogP contribution is -2.31. The fourth-order valence-electron chi connectivity index (χ4n) is 4.22. The molecule has 0 fully saturated rings. The first kappa shape index (κ1) is 23.7. The van der Waals surface area contributed by atoms with Crippen LogP contribution in [0.4, 0.5) is 23.4 Å². The number of rotatable bonds is 5. The number of H-pyrrole nitrogens is 1. The number of aromatic amines is 1. The molecule has 5 heterocycles. The number of pyridine rings is 3. The van der Waals surface area contributed by atoms with Crippen LogP contribution in [0.25, 0.3) is 11.0 Å². The van der Waals surface area contributed by atoms with Crippen molar-refractivity contribution >= 4 is 22.8 Å². The van der Waals surface area contributed by atoms with Crippen molar-refractivity contribution < 1.29 is 27.1 Å². The first-order chi connectivity index (χ1) is 17.1. The van der Waals surface area contributed by atoms with Gasteiger partial charge in [0.2, 0.25) is 0 Å². The molecule has 1 aliphatic rings. The number of fused-ring (bicyclic) bond motifs is 3. The third-order valence-electron chi connectivity index (χ3n) is 6.02. The van der Waals surface area contributed by atoms with E-state index in [4.69, 9.17) is 10.5 Å². The Balaban J connectivity index is 1.50. The summed E-state index contributed by atoms with van der Waals surface area (Å²) in [6, 6.07) is 6.21. The highest BCUT2D eigenvalue weighted by atomic mass is 19.4. The number of ether oxygens (including phenoxy) is 1. The summed E-state index contributed by atoms with van der Waals surface area (Å²) in [6.07, 6.45) is -2.70. The molecule has 1 amide bonds. The van der Waals surface area contributed by atoms with E-state index in [0.29, 0.717) is 29.7 Å². The van der Waals surface area contributed by atoms with Gasteiger partial charge in [0.1, 0.15) is 17.3 Å². The van der Waals surface area contributed by atoms with Gasteiger partial charge in [-0.1, -0.05) is 0 Å². The predicted molar refractivity (Wildman–Crippen MR) is 121 cm³/mol. The van der Waals surface area contributed by atoms with E-state index in [9.17, 15) is 22.4 Å². The zero-order valence-electron chi connectivity index (χ0n) is 18.9. The maximum atomic E-state index is 14.4. The van der Waals surface area contributed by atoms with Gasteiger partial charge in [0.05, 0.1) is 53.8 Å². The number of carbonyl (C=O) groups excluding carboxylic acids is 1. The van der Waals surface area contributed by atoms with E-state index in [2.05, 4.69) is 19.9 Å². The molecular formula is C24H20F4N6O2. The molecule has 1 atom stereocenters. The molecule has 0 bridgehead atoms. The minimum absolute atomic E-state index is 0.000594. The lowest BCUT2D eigenvalue weighted by Gasteiger charge is -2.22. The van der Waals surface area contributed by atoms with Crippen molar-refractivity contribution in [1.82, 2.24) is 24.8 Å². The summed E-state index contributed by atoms with van der Waals surface area (Å²) in [5, 5.41) is 0. The fourth-order valence-corrected chi connectivity index (χ4v) is 4.22. The lowest BCUT2D eigenvalue weighted by atomic mass is 10.1. The fraction of sp³-hybridized carbons (Fsp3) is 0.250. The van der Waals surface area contributed by atoms with Gasteiger partial charge >= 0.3 is 6.18 Å². The average molecular weight is 500 g/mol. The molecule has 1 aliphatic heterocycles. The standard InChI is InChI=1S/C24H20F4N6O2/c1-12-20-15(11-36-12)21-17(33-22(20)29)7-18(32-21)23(35)34(10-19-16(25)3-2-6-30-19)9-14-5-4-13(8-31-14)24(26,27)28/h2-8,12,32H,9-11H2,1H3,(H2,29,33)/t12-/m1/s1. The van der Waals surface area contributed by atoms with Crippen molar-refractivity contribution in [1.29, 1.82) is 0 Å². The van der Waals surface area contributed by atoms with Crippen molar-refractivity contribution in [2.24, 2.45) is 0 Å². The summed E-state index contributed by atoms with van der Waals surface area (Å²) in [4.78, 5) is 30.1. The largest absolute Gasteiger partial charge is 0.417 e. The first-order valence-corrected chi connectivity index (χ1v) is 10.9. The van der Waals surface area contributed by atoms with Crippen LogP contribution < -0.4 is 5.73 Å². The maximum absolute atomic E-state index is 14.4. The molecule has 12 heteroatoms. The van der Waals surface area contributed by atoms with Gasteiger partial charge in [0.25, 0.3) is 5.91 Å². The van der Waals surface area contributed by atoms with Crippen LogP contribution >= 0.6 is 0 Å². The number of nitrogens with zero attached hydrogens (tertiary/aromatic N) is 4. The zero-order chi connectivity index (χ0) is 25.6. The SMILES string of the molecule is C[C@H]1OCc2c1c(N)nc1cc(C(=O)N(Cc3ccc(C(F)(F)F)cn3)Cc3ncccc3F)[nH]c21. The molecule has 5 rings (SSSR count). The highest BCUT2D eigenvalue weighted by molar-refractivity contribution is 5.98. The smallest absolute Gasteiger partial charge is 0.383 e. The number of hydrogen-bond donors (Lipinski definition) is 2. The number of carbonyl (C=O) groups is 1. The Hall–Kier alpha value is -4.06. The molecule has 0 saturated carbocycles. The minimum Gasteiger partial charge on any atom is -0.383 e. The summed E-state index contributed by atoms with van der Waals surface area (Å²) < 4.78 is 58.8. The van der Waals surface area contributed by atoms with E-state index in [1.165, 1.54) is 35.4 Å². The van der Waals surface area contributed by atoms with Crippen LogP contribution in [0.2, 0.25) is 0 Å². The number of halogens is 4. The van der Waals surface area contributed by atoms with Gasteiger partial charge < -0.3 is 20.4 Å². The molecule has 0 unspecified atom stereocenters. The summed E-state index contributed by atoms with van der Waals surface area (Å²) in [7, 11) is 0. The quantitative estimate of drug-likeness (QED) is 0.390. The van der Waals surface area contributed by atoms with Crippen LogP contribution in [0, 0.1) is 5.82 Å². The second-order valence-corrected chi connectivity index (χ2v) is 8.41. The van der Waals surface area contributed by atoms with Gasteiger partial charge in [-0.15, -0.1) is 0 Å². The number of alkyl halides is 3. The molecule has 0 spiro atoms. The molecule has 3 N–H and O–H groups in total. The molecule has 36 heavy (non-hydrogen) atoms. The molecular weight excluding hydrogens is 480 g/mol. The topological polar surface area (TPSA) is 110 Å². The Labute approximate surface area is 202 Å². The van der Waals surface area contributed by atoms with Gasteiger partial charge in [0, 0.05) is 23.5 Å². The van der Waals surface area contributed by atoms with E-state index >= 15 is 0 Å². The Morgan fingerprint density at radius 2 is 2.06 bits per heavy atom. The van der Waals surface area contributed by atoms with E-state index in [0.717, 1.165) is 17.2 Å². The Kier molecular flexibility index (Phi) is 5.83.